The molecule has 0 aromatic heterocycles. The quantitative estimate of drug-likeness (QED) is 0.815. The van der Waals surface area contributed by atoms with E-state index < -0.39 is 11.6 Å². The van der Waals surface area contributed by atoms with E-state index in [2.05, 4.69) is 0 Å². The number of benzene rings is 1. The Morgan fingerprint density at radius 2 is 2.11 bits per heavy atom. The van der Waals surface area contributed by atoms with E-state index in [-0.39, 0.29) is 5.91 Å². The Balaban J connectivity index is 2.18. The number of β-amino-alcohol motifs (C(OH)–C–C–N with tert-alkyl or cyclic N) is 1. The van der Waals surface area contributed by atoms with Gasteiger partial charge in [0, 0.05) is 6.54 Å². The van der Waals surface area contributed by atoms with Crippen molar-refractivity contribution in [2.45, 2.75) is 31.4 Å². The van der Waals surface area contributed by atoms with E-state index in [1.807, 2.05) is 30.3 Å². The number of nitrogens with zero attached hydrogens (tertiary/aromatic N) is 1. The molecule has 0 spiro atoms. The van der Waals surface area contributed by atoms with Crippen LogP contribution in [-0.2, 0) is 10.4 Å². The molecule has 1 amide bonds. The lowest BCUT2D eigenvalue weighted by Crippen LogP contribution is -2.52. The lowest BCUT2D eigenvalue weighted by atomic mass is 9.85. The van der Waals surface area contributed by atoms with Crippen molar-refractivity contribution in [3.63, 3.8) is 0 Å². The summed E-state index contributed by atoms with van der Waals surface area (Å²) in [6.45, 7) is 2.69. The van der Waals surface area contributed by atoms with Crippen LogP contribution in [0.5, 0.6) is 0 Å². The first-order chi connectivity index (χ1) is 8.53. The molecular weight excluding hydrogens is 228 g/mol. The highest BCUT2D eigenvalue weighted by atomic mass is 16.3. The van der Waals surface area contributed by atoms with Crippen LogP contribution in [0.2, 0.25) is 0 Å². The molecule has 1 unspecified atom stereocenters. The summed E-state index contributed by atoms with van der Waals surface area (Å²) in [4.78, 5) is 13.6. The molecule has 98 valence electrons. The second kappa shape index (κ2) is 5.08. The van der Waals surface area contributed by atoms with Gasteiger partial charge in [-0.05, 0) is 25.3 Å². The van der Waals surface area contributed by atoms with Crippen molar-refractivity contribution in [1.82, 2.24) is 4.90 Å². The second-order valence-corrected chi connectivity index (χ2v) is 5.05. The van der Waals surface area contributed by atoms with E-state index in [9.17, 15) is 9.90 Å². The molecule has 0 saturated carbocycles. The number of aliphatic hydroxyl groups is 1. The van der Waals surface area contributed by atoms with Crippen molar-refractivity contribution in [3.05, 3.63) is 35.9 Å². The van der Waals surface area contributed by atoms with Gasteiger partial charge in [-0.3, -0.25) is 4.79 Å². The number of piperidine rings is 1. The van der Waals surface area contributed by atoms with Crippen LogP contribution < -0.4 is 5.73 Å². The van der Waals surface area contributed by atoms with Gasteiger partial charge in [0.25, 0.3) is 0 Å². The minimum Gasteiger partial charge on any atom is -0.383 e. The number of carbonyl (C=O) groups is 1. The van der Waals surface area contributed by atoms with Crippen molar-refractivity contribution in [3.8, 4) is 0 Å². The largest absolute Gasteiger partial charge is 0.383 e. The average Bonchev–Trinajstić information content (AvgIpc) is 2.39. The fourth-order valence-electron chi connectivity index (χ4n) is 2.50. The lowest BCUT2D eigenvalue weighted by Gasteiger charge is -2.40. The normalized spacial score (nSPS) is 25.8. The first kappa shape index (κ1) is 13.1. The molecule has 1 heterocycles. The number of amides is 1. The molecule has 0 radical (unpaired) electrons. The standard InChI is InChI=1S/C14H20N2O2/c1-11(15)13(17)16-9-5-8-14(18,10-16)12-6-3-2-4-7-12/h2-4,6-7,11,18H,5,8-10,15H2,1H3/t11-,14?/m0/s1. The predicted molar refractivity (Wildman–Crippen MR) is 69.8 cm³/mol. The Labute approximate surface area is 107 Å². The molecule has 0 aliphatic carbocycles. The number of hydrogen-bond acceptors (Lipinski definition) is 3. The summed E-state index contributed by atoms with van der Waals surface area (Å²) >= 11 is 0. The van der Waals surface area contributed by atoms with Gasteiger partial charge >= 0.3 is 0 Å². The first-order valence-electron chi connectivity index (χ1n) is 6.35. The van der Waals surface area contributed by atoms with Crippen molar-refractivity contribution in [2.75, 3.05) is 13.1 Å². The van der Waals surface area contributed by atoms with Crippen LogP contribution in [0.3, 0.4) is 0 Å². The highest BCUT2D eigenvalue weighted by Gasteiger charge is 2.37. The van der Waals surface area contributed by atoms with E-state index in [0.717, 1.165) is 12.0 Å². The van der Waals surface area contributed by atoms with Gasteiger partial charge in [-0.2, -0.15) is 0 Å². The van der Waals surface area contributed by atoms with Crippen LogP contribution in [0.1, 0.15) is 25.3 Å². The second-order valence-electron chi connectivity index (χ2n) is 5.05. The van der Waals surface area contributed by atoms with Crippen molar-refractivity contribution in [2.24, 2.45) is 5.73 Å². The van der Waals surface area contributed by atoms with Crippen molar-refractivity contribution >= 4 is 5.91 Å². The Kier molecular flexibility index (Phi) is 3.68. The summed E-state index contributed by atoms with van der Waals surface area (Å²) in [6.07, 6.45) is 1.48. The molecule has 4 heteroatoms. The highest BCUT2D eigenvalue weighted by molar-refractivity contribution is 5.81. The van der Waals surface area contributed by atoms with Crippen LogP contribution in [-0.4, -0.2) is 35.0 Å². The van der Waals surface area contributed by atoms with Crippen molar-refractivity contribution < 1.29 is 9.90 Å². The molecule has 1 aliphatic rings. The van der Waals surface area contributed by atoms with Gasteiger partial charge in [0.15, 0.2) is 0 Å². The van der Waals surface area contributed by atoms with Crippen LogP contribution >= 0.6 is 0 Å². The minimum atomic E-state index is -0.940. The van der Waals surface area contributed by atoms with Gasteiger partial charge in [0.1, 0.15) is 5.60 Å². The van der Waals surface area contributed by atoms with E-state index in [0.29, 0.717) is 19.5 Å². The van der Waals surface area contributed by atoms with E-state index >= 15 is 0 Å². The SMILES string of the molecule is C[C@H](N)C(=O)N1CCCC(O)(c2ccccc2)C1. The topological polar surface area (TPSA) is 66.6 Å². The zero-order valence-electron chi connectivity index (χ0n) is 10.7. The zero-order chi connectivity index (χ0) is 13.2. The molecular formula is C14H20N2O2. The minimum absolute atomic E-state index is 0.0935. The van der Waals surface area contributed by atoms with E-state index in [1.54, 1.807) is 11.8 Å². The first-order valence-corrected chi connectivity index (χ1v) is 6.35. The maximum absolute atomic E-state index is 11.9. The Bertz CT molecular complexity index is 419. The van der Waals surface area contributed by atoms with Gasteiger partial charge in [-0.1, -0.05) is 30.3 Å². The predicted octanol–water partition coefficient (Wildman–Crippen LogP) is 0.844. The van der Waals surface area contributed by atoms with Crippen LogP contribution in [0.4, 0.5) is 0 Å². The number of rotatable bonds is 2. The number of carbonyl (C=O) groups excluding carboxylic acids is 1. The third-order valence-corrected chi connectivity index (χ3v) is 3.48. The van der Waals surface area contributed by atoms with Gasteiger partial charge in [0.05, 0.1) is 12.6 Å². The van der Waals surface area contributed by atoms with Crippen LogP contribution in [0, 0.1) is 0 Å². The van der Waals surface area contributed by atoms with Gasteiger partial charge in [-0.25, -0.2) is 0 Å². The Hall–Kier alpha value is -1.39. The smallest absolute Gasteiger partial charge is 0.239 e. The zero-order valence-corrected chi connectivity index (χ0v) is 10.7. The summed E-state index contributed by atoms with van der Waals surface area (Å²) in [5.74, 6) is -0.0935. The molecule has 18 heavy (non-hydrogen) atoms. The average molecular weight is 248 g/mol. The molecule has 1 aromatic carbocycles. The molecule has 1 aromatic rings. The molecule has 4 nitrogen and oxygen atoms in total. The Morgan fingerprint density at radius 1 is 1.44 bits per heavy atom. The third kappa shape index (κ3) is 2.54. The molecule has 0 bridgehead atoms. The molecule has 2 atom stereocenters. The van der Waals surface area contributed by atoms with Gasteiger partial charge < -0.3 is 15.7 Å². The maximum atomic E-state index is 11.9. The van der Waals surface area contributed by atoms with E-state index in [1.165, 1.54) is 0 Å². The molecule has 1 saturated heterocycles. The summed E-state index contributed by atoms with van der Waals surface area (Å²) in [5.41, 5.74) is 5.55. The van der Waals surface area contributed by atoms with Crippen LogP contribution in [0.25, 0.3) is 0 Å². The number of hydrogen-bond donors (Lipinski definition) is 2. The summed E-state index contributed by atoms with van der Waals surface area (Å²) < 4.78 is 0. The summed E-state index contributed by atoms with van der Waals surface area (Å²) in [5, 5.41) is 10.7. The van der Waals surface area contributed by atoms with Crippen molar-refractivity contribution in [1.29, 1.82) is 0 Å². The van der Waals surface area contributed by atoms with Gasteiger partial charge in [0.2, 0.25) is 5.91 Å². The third-order valence-electron chi connectivity index (χ3n) is 3.48. The molecule has 1 fully saturated rings. The maximum Gasteiger partial charge on any atom is 0.239 e. The molecule has 1 aliphatic heterocycles. The fourth-order valence-corrected chi connectivity index (χ4v) is 2.50. The lowest BCUT2D eigenvalue weighted by molar-refractivity contribution is -0.139. The Morgan fingerprint density at radius 3 is 2.72 bits per heavy atom. The monoisotopic (exact) mass is 248 g/mol. The summed E-state index contributed by atoms with van der Waals surface area (Å²) in [6, 6.07) is 9.02. The van der Waals surface area contributed by atoms with E-state index in [4.69, 9.17) is 5.73 Å². The molecule has 2 rings (SSSR count). The van der Waals surface area contributed by atoms with Crippen LogP contribution in [0.15, 0.2) is 30.3 Å². The number of likely N-dealkylation sites (tertiary alicyclic amines) is 1. The van der Waals surface area contributed by atoms with Gasteiger partial charge in [-0.15, -0.1) is 0 Å². The highest BCUT2D eigenvalue weighted by Crippen LogP contribution is 2.31. The fraction of sp³-hybridized carbons (Fsp3) is 0.500. The summed E-state index contributed by atoms with van der Waals surface area (Å²) in [7, 11) is 0. The molecule has 3 N–H and O–H groups in total. The number of nitrogens with two attached hydrogens (primary N) is 1.